The van der Waals surface area contributed by atoms with Gasteiger partial charge in [0.15, 0.2) is 6.29 Å². The summed E-state index contributed by atoms with van der Waals surface area (Å²) >= 11 is 0. The summed E-state index contributed by atoms with van der Waals surface area (Å²) in [6, 6.07) is 0. The Morgan fingerprint density at radius 3 is 2.42 bits per heavy atom. The van der Waals surface area contributed by atoms with E-state index in [-0.39, 0.29) is 0 Å². The number of phosphoric acid groups is 1. The molecule has 0 saturated carbocycles. The molecule has 0 aliphatic carbocycles. The number of aliphatic hydroxyl groups excluding tert-OH is 3. The van der Waals surface area contributed by atoms with Gasteiger partial charge in [-0.1, -0.05) is 0 Å². The monoisotopic (exact) mass is 302 g/mol. The Bertz CT molecular complexity index is 398. The minimum Gasteiger partial charge on any atom is -0.790 e. The van der Waals surface area contributed by atoms with E-state index in [9.17, 15) is 33.7 Å². The summed E-state index contributed by atoms with van der Waals surface area (Å²) in [5.74, 6) is -5.95. The number of alkyl halides is 1. The lowest BCUT2D eigenvalue weighted by atomic mass is 9.87. The van der Waals surface area contributed by atoms with E-state index in [1.54, 1.807) is 0 Å². The number of Topliss-reactive ketones (excluding diaryl/α,β-unsaturated/α-hetero) is 1. The number of carbonyl (C=O) groups is 1. The van der Waals surface area contributed by atoms with Gasteiger partial charge in [-0.25, -0.2) is 4.39 Å². The van der Waals surface area contributed by atoms with E-state index in [4.69, 9.17) is 5.11 Å². The molecule has 0 spiro atoms. The van der Waals surface area contributed by atoms with Crippen LogP contribution in [0.1, 0.15) is 6.92 Å². The van der Waals surface area contributed by atoms with Gasteiger partial charge < -0.3 is 38.9 Å². The van der Waals surface area contributed by atoms with Gasteiger partial charge in [0.2, 0.25) is 0 Å². The molecule has 0 radical (unpaired) electrons. The molecule has 0 unspecified atom stereocenters. The molecule has 1 aliphatic heterocycles. The van der Waals surface area contributed by atoms with Crippen molar-refractivity contribution in [3.05, 3.63) is 0 Å². The van der Waals surface area contributed by atoms with Crippen LogP contribution in [-0.2, 0) is 18.6 Å². The summed E-state index contributed by atoms with van der Waals surface area (Å²) in [6.45, 7) is -0.553. The molecule has 112 valence electrons. The van der Waals surface area contributed by atoms with Crippen molar-refractivity contribution in [3.8, 4) is 0 Å². The fourth-order valence-corrected chi connectivity index (χ4v) is 2.15. The predicted octanol–water partition coefficient (Wildman–Crippen LogP) is -3.23. The summed E-state index contributed by atoms with van der Waals surface area (Å²) in [5.41, 5.74) is 0. The number of ether oxygens (including phenoxy) is 1. The molecule has 1 fully saturated rings. The molecule has 11 heteroatoms. The number of ketones is 1. The first-order valence-electron chi connectivity index (χ1n) is 5.06. The third-order valence-electron chi connectivity index (χ3n) is 2.66. The maximum Gasteiger partial charge on any atom is 0.263 e. The Morgan fingerprint density at radius 1 is 1.53 bits per heavy atom. The van der Waals surface area contributed by atoms with Gasteiger partial charge in [0, 0.05) is 0 Å². The lowest BCUT2D eigenvalue weighted by molar-refractivity contribution is -0.386. The van der Waals surface area contributed by atoms with Gasteiger partial charge in [0.25, 0.3) is 5.85 Å². The smallest absolute Gasteiger partial charge is 0.263 e. The molecule has 19 heavy (non-hydrogen) atoms. The maximum absolute atomic E-state index is 13.8. The van der Waals surface area contributed by atoms with E-state index in [1.165, 1.54) is 0 Å². The molecule has 0 amide bonds. The Morgan fingerprint density at radius 2 is 2.05 bits per heavy atom. The highest BCUT2D eigenvalue weighted by Gasteiger charge is 2.56. The second kappa shape index (κ2) is 5.51. The van der Waals surface area contributed by atoms with Crippen molar-refractivity contribution >= 4 is 13.6 Å². The predicted molar refractivity (Wildman–Crippen MR) is 50.7 cm³/mol. The Kier molecular flexibility index (Phi) is 4.81. The van der Waals surface area contributed by atoms with Crippen LogP contribution in [-0.4, -0.2) is 52.1 Å². The highest BCUT2D eigenvalue weighted by Crippen LogP contribution is 2.40. The number of rotatable bonds is 4. The third-order valence-corrected chi connectivity index (χ3v) is 3.12. The van der Waals surface area contributed by atoms with Crippen LogP contribution < -0.4 is 9.79 Å². The second-order valence-electron chi connectivity index (χ2n) is 4.06. The summed E-state index contributed by atoms with van der Waals surface area (Å²) in [5, 5.41) is 27.7. The van der Waals surface area contributed by atoms with Gasteiger partial charge in [0.1, 0.15) is 24.6 Å². The molecule has 3 N–H and O–H groups in total. The first kappa shape index (κ1) is 16.6. The minimum atomic E-state index is -5.64. The largest absolute Gasteiger partial charge is 0.790 e. The number of hydrogen-bond acceptors (Lipinski definition) is 9. The van der Waals surface area contributed by atoms with Crippen molar-refractivity contribution in [1.29, 1.82) is 0 Å². The second-order valence-corrected chi connectivity index (χ2v) is 5.16. The van der Waals surface area contributed by atoms with E-state index in [0.29, 0.717) is 0 Å². The Labute approximate surface area is 106 Å². The zero-order valence-corrected chi connectivity index (χ0v) is 10.5. The molecule has 0 aromatic heterocycles. The van der Waals surface area contributed by atoms with Crippen molar-refractivity contribution in [1.82, 2.24) is 0 Å². The SMILES string of the molecule is CC(=O)[C@H]1[C@@H](OP(=O)([O-])[O-])O[C@](F)(CO)[C@@H](O)[C@@H]1O. The minimum absolute atomic E-state index is 0.894. The molecule has 9 nitrogen and oxygen atoms in total. The molecule has 0 bridgehead atoms. The molecule has 1 rings (SSSR count). The van der Waals surface area contributed by atoms with Crippen LogP contribution in [0.15, 0.2) is 0 Å². The first-order chi connectivity index (χ1) is 8.52. The molecule has 1 saturated heterocycles. The van der Waals surface area contributed by atoms with E-state index < -0.39 is 50.5 Å². The van der Waals surface area contributed by atoms with E-state index in [1.807, 2.05) is 0 Å². The number of carbonyl (C=O) groups excluding carboxylic acids is 1. The third kappa shape index (κ3) is 3.56. The fraction of sp³-hybridized carbons (Fsp3) is 0.875. The topological polar surface area (TPSA) is 159 Å². The number of hydrogen-bond donors (Lipinski definition) is 3. The van der Waals surface area contributed by atoms with Crippen LogP contribution in [0.3, 0.4) is 0 Å². The normalized spacial score (nSPS) is 40.2. The molecule has 0 aromatic rings. The average molecular weight is 302 g/mol. The molecule has 1 aliphatic rings. The van der Waals surface area contributed by atoms with Gasteiger partial charge in [-0.05, 0) is 6.92 Å². The van der Waals surface area contributed by atoms with Crippen molar-refractivity contribution in [3.63, 3.8) is 0 Å². The standard InChI is InChI=1S/C8H14FO9P/c1-3(11)4-5(12)6(13)8(9,2-10)17-7(4)18-19(14,15)16/h4-7,10,12-13H,2H2,1H3,(H2,14,15,16)/p-2/t4-,5-,6+,7-,8-/m1/s1. The molecule has 5 atom stereocenters. The van der Waals surface area contributed by atoms with Crippen molar-refractivity contribution in [2.75, 3.05) is 6.61 Å². The van der Waals surface area contributed by atoms with Gasteiger partial charge in [-0.15, -0.1) is 0 Å². The van der Waals surface area contributed by atoms with E-state index >= 15 is 0 Å². The van der Waals surface area contributed by atoms with E-state index in [2.05, 4.69) is 9.26 Å². The summed E-state index contributed by atoms with van der Waals surface area (Å²) in [4.78, 5) is 32.2. The van der Waals surface area contributed by atoms with Crippen LogP contribution in [0, 0.1) is 5.92 Å². The zero-order valence-electron chi connectivity index (χ0n) is 9.63. The van der Waals surface area contributed by atoms with Crippen molar-refractivity contribution < 1.29 is 48.1 Å². The van der Waals surface area contributed by atoms with Crippen molar-refractivity contribution in [2.24, 2.45) is 5.92 Å². The van der Waals surface area contributed by atoms with Crippen LogP contribution in [0.25, 0.3) is 0 Å². The van der Waals surface area contributed by atoms with Gasteiger partial charge in [0.05, 0.1) is 13.7 Å². The molecule has 1 heterocycles. The van der Waals surface area contributed by atoms with E-state index in [0.717, 1.165) is 6.92 Å². The fourth-order valence-electron chi connectivity index (χ4n) is 1.73. The van der Waals surface area contributed by atoms with Gasteiger partial charge in [-0.2, -0.15) is 0 Å². The number of halogens is 1. The Hall–Kier alpha value is -0.450. The van der Waals surface area contributed by atoms with Crippen LogP contribution in [0.5, 0.6) is 0 Å². The van der Waals surface area contributed by atoms with Crippen LogP contribution in [0.2, 0.25) is 0 Å². The van der Waals surface area contributed by atoms with Gasteiger partial charge in [-0.3, -0.25) is 4.79 Å². The molecular formula is C8H12FO9P-2. The number of aliphatic hydroxyl groups is 3. The maximum atomic E-state index is 13.8. The highest BCUT2D eigenvalue weighted by atomic mass is 31.2. The average Bonchev–Trinajstić information content (AvgIpc) is 2.23. The van der Waals surface area contributed by atoms with Gasteiger partial charge >= 0.3 is 0 Å². The lowest BCUT2D eigenvalue weighted by Crippen LogP contribution is -2.63. The quantitative estimate of drug-likeness (QED) is 0.454. The van der Waals surface area contributed by atoms with Crippen LogP contribution >= 0.6 is 7.82 Å². The van der Waals surface area contributed by atoms with Crippen LogP contribution in [0.4, 0.5) is 4.39 Å². The summed E-state index contributed by atoms with van der Waals surface area (Å²) in [7, 11) is -5.64. The molecule has 0 aromatic carbocycles. The lowest BCUT2D eigenvalue weighted by Gasteiger charge is -2.46. The molecular weight excluding hydrogens is 290 g/mol. The first-order valence-corrected chi connectivity index (χ1v) is 6.52. The zero-order chi connectivity index (χ0) is 15.0. The Balaban J connectivity index is 3.09. The van der Waals surface area contributed by atoms with Crippen molar-refractivity contribution in [2.45, 2.75) is 31.3 Å². The summed E-state index contributed by atoms with van der Waals surface area (Å²) in [6.07, 6.45) is -6.70. The summed E-state index contributed by atoms with van der Waals surface area (Å²) < 4.78 is 32.5. The number of phosphoric ester groups is 1. The highest BCUT2D eigenvalue weighted by molar-refractivity contribution is 7.43.